The molecule has 7 aliphatic rings. The van der Waals surface area contributed by atoms with E-state index in [9.17, 15) is 0 Å². The monoisotopic (exact) mass is 649 g/mol. The van der Waals surface area contributed by atoms with E-state index in [1.807, 2.05) is 0 Å². The van der Waals surface area contributed by atoms with Gasteiger partial charge in [-0.2, -0.15) is 0 Å². The molecule has 7 aliphatic carbocycles. The van der Waals surface area contributed by atoms with Crippen molar-refractivity contribution in [3.8, 4) is 0 Å². The van der Waals surface area contributed by atoms with Gasteiger partial charge in [-0.15, -0.1) is 0 Å². The van der Waals surface area contributed by atoms with Crippen LogP contribution in [0.3, 0.4) is 0 Å². The Hall–Kier alpha value is -0.0800. The second-order valence-corrected chi connectivity index (χ2v) is 19.8. The summed E-state index contributed by atoms with van der Waals surface area (Å²) in [5.41, 5.74) is 0. The van der Waals surface area contributed by atoms with Gasteiger partial charge in [0.05, 0.1) is 0 Å². The van der Waals surface area contributed by atoms with Crippen molar-refractivity contribution in [2.24, 2.45) is 41.4 Å². The van der Waals surface area contributed by atoms with E-state index in [0.717, 1.165) is 77.7 Å². The van der Waals surface area contributed by atoms with Gasteiger partial charge in [-0.25, -0.2) is 0 Å². The number of hydrogen-bond acceptors (Lipinski definition) is 2. The van der Waals surface area contributed by atoms with E-state index in [2.05, 4.69) is 30.6 Å². The summed E-state index contributed by atoms with van der Waals surface area (Å²) in [7, 11) is 0. The molecule has 0 spiro atoms. The summed E-state index contributed by atoms with van der Waals surface area (Å²) >= 11 is 0. The number of nitrogens with zero attached hydrogens (tertiary/aromatic N) is 2. The molecule has 0 N–H and O–H groups in total. The van der Waals surface area contributed by atoms with Gasteiger partial charge in [0.15, 0.2) is 0 Å². The zero-order valence-corrected chi connectivity index (χ0v) is 31.9. The van der Waals surface area contributed by atoms with Crippen molar-refractivity contribution in [1.29, 1.82) is 0 Å². The van der Waals surface area contributed by atoms with E-state index in [4.69, 9.17) is 0 Å². The van der Waals surface area contributed by atoms with E-state index in [-0.39, 0.29) is 0 Å². The maximum atomic E-state index is 3.27. The van der Waals surface area contributed by atoms with Crippen molar-refractivity contribution < 1.29 is 0 Å². The van der Waals surface area contributed by atoms with Gasteiger partial charge < -0.3 is 0 Å². The topological polar surface area (TPSA) is 6.48 Å². The molecule has 0 heterocycles. The molecule has 0 saturated heterocycles. The van der Waals surface area contributed by atoms with Crippen molar-refractivity contribution in [2.45, 2.75) is 243 Å². The summed E-state index contributed by atoms with van der Waals surface area (Å²) in [6.45, 7) is 7.63. The summed E-state index contributed by atoms with van der Waals surface area (Å²) in [6.07, 6.45) is 44.1. The van der Waals surface area contributed by atoms with Crippen LogP contribution in [0.15, 0.2) is 0 Å². The highest BCUT2D eigenvalue weighted by molar-refractivity contribution is 4.96. The summed E-state index contributed by atoms with van der Waals surface area (Å²) in [5.74, 6) is 7.13. The van der Waals surface area contributed by atoms with Gasteiger partial charge in [0.1, 0.15) is 0 Å². The Morgan fingerprint density at radius 1 is 0.255 bits per heavy atom. The molecule has 47 heavy (non-hydrogen) atoms. The molecule has 0 aromatic rings. The van der Waals surface area contributed by atoms with E-state index in [1.165, 1.54) is 135 Å². The fourth-order valence-corrected chi connectivity index (χ4v) is 13.9. The summed E-state index contributed by atoms with van der Waals surface area (Å²) in [5, 5.41) is 0. The van der Waals surface area contributed by atoms with Crippen molar-refractivity contribution >= 4 is 0 Å². The first-order chi connectivity index (χ1) is 23.0. The average Bonchev–Trinajstić information content (AvgIpc) is 3.11. The van der Waals surface area contributed by atoms with Gasteiger partial charge in [0, 0.05) is 36.3 Å². The molecule has 7 rings (SSSR count). The molecule has 0 aliphatic heterocycles. The molecule has 2 heteroatoms. The summed E-state index contributed by atoms with van der Waals surface area (Å²) < 4.78 is 0. The average molecular weight is 649 g/mol. The van der Waals surface area contributed by atoms with E-state index in [1.54, 1.807) is 51.4 Å². The largest absolute Gasteiger partial charge is 0.294 e. The van der Waals surface area contributed by atoms with Crippen molar-refractivity contribution in [3.05, 3.63) is 0 Å². The Kier molecular flexibility index (Phi) is 12.7. The smallest absolute Gasteiger partial charge is 0.0104 e. The number of rotatable bonds is 8. The lowest BCUT2D eigenvalue weighted by atomic mass is 9.69. The molecule has 0 aromatic carbocycles. The van der Waals surface area contributed by atoms with Gasteiger partial charge >= 0.3 is 0 Å². The highest BCUT2D eigenvalue weighted by Crippen LogP contribution is 2.47. The fraction of sp³-hybridized carbons (Fsp3) is 1.00. The van der Waals surface area contributed by atoms with Crippen molar-refractivity contribution in [3.63, 3.8) is 0 Å². The predicted molar refractivity (Wildman–Crippen MR) is 202 cm³/mol. The molecule has 7 fully saturated rings. The Labute approximate surface area is 293 Å². The first-order valence-corrected chi connectivity index (χ1v) is 22.6. The molecule has 0 amide bonds. The molecular weight excluding hydrogens is 569 g/mol. The lowest BCUT2D eigenvalue weighted by Gasteiger charge is -2.51. The van der Waals surface area contributed by atoms with Crippen LogP contribution in [0, 0.1) is 41.4 Å². The van der Waals surface area contributed by atoms with Crippen LogP contribution in [0.4, 0.5) is 0 Å². The van der Waals surface area contributed by atoms with Gasteiger partial charge in [-0.3, -0.25) is 9.80 Å². The zero-order chi connectivity index (χ0) is 32.2. The van der Waals surface area contributed by atoms with E-state index in [0.29, 0.717) is 0 Å². The molecule has 270 valence electrons. The highest BCUT2D eigenvalue weighted by Gasteiger charge is 2.42. The van der Waals surface area contributed by atoms with E-state index < -0.39 is 0 Å². The normalized spacial score (nSPS) is 44.9. The summed E-state index contributed by atoms with van der Waals surface area (Å²) in [6, 6.07) is 5.47. The summed E-state index contributed by atoms with van der Waals surface area (Å²) in [4.78, 5) is 6.49. The Morgan fingerprint density at radius 3 is 0.936 bits per heavy atom. The van der Waals surface area contributed by atoms with E-state index >= 15 is 0 Å². The third-order valence-electron chi connectivity index (χ3n) is 16.5. The molecular formula is C45H80N2. The molecule has 2 nitrogen and oxygen atoms in total. The second kappa shape index (κ2) is 17.0. The Bertz CT molecular complexity index is 893. The van der Waals surface area contributed by atoms with Crippen molar-refractivity contribution in [2.75, 3.05) is 0 Å². The van der Waals surface area contributed by atoms with Crippen LogP contribution >= 0.6 is 0 Å². The van der Waals surface area contributed by atoms with Gasteiger partial charge in [0.2, 0.25) is 0 Å². The van der Waals surface area contributed by atoms with Gasteiger partial charge in [0.25, 0.3) is 0 Å². The molecule has 0 radical (unpaired) electrons. The quantitative estimate of drug-likeness (QED) is 0.258. The fourth-order valence-electron chi connectivity index (χ4n) is 13.9. The van der Waals surface area contributed by atoms with Crippen LogP contribution in [-0.2, 0) is 0 Å². The van der Waals surface area contributed by atoms with Crippen LogP contribution in [0.5, 0.6) is 0 Å². The first kappa shape index (κ1) is 35.3. The Balaban J connectivity index is 0.931. The van der Waals surface area contributed by atoms with Crippen LogP contribution in [0.2, 0.25) is 0 Å². The predicted octanol–water partition coefficient (Wildman–Crippen LogP) is 12.6. The van der Waals surface area contributed by atoms with Crippen LogP contribution in [-0.4, -0.2) is 46.1 Å². The third kappa shape index (κ3) is 8.87. The molecule has 7 saturated carbocycles. The molecule has 0 bridgehead atoms. The first-order valence-electron chi connectivity index (χ1n) is 22.6. The number of hydrogen-bond donors (Lipinski definition) is 0. The molecule has 4 unspecified atom stereocenters. The standard InChI is InChI=1S/C45H80N2/c1-33-15-17-36(18-16-33)37-19-27-42(28-20-37)47(45-14-8-10-35(3)32-45)43-29-23-39(24-30-43)38-21-25-41(26-22-38)46(40-11-5-4-6-12-40)44-13-7-9-34(2)31-44/h33-45H,4-32H2,1-3H3. The van der Waals surface area contributed by atoms with Crippen LogP contribution < -0.4 is 0 Å². The molecule has 0 aromatic heterocycles. The minimum atomic E-state index is 0.904. The van der Waals surface area contributed by atoms with Crippen LogP contribution in [0.1, 0.15) is 207 Å². The SMILES string of the molecule is CC1CCC(C2CCC(N(C3CCC(C4CCC(N(C5CCCCC5)C5CCCC(C)C5)CC4)CC3)C3CCCC(C)C3)CC2)CC1. The highest BCUT2D eigenvalue weighted by atomic mass is 15.2. The maximum absolute atomic E-state index is 3.27. The zero-order valence-electron chi connectivity index (χ0n) is 31.9. The van der Waals surface area contributed by atoms with Gasteiger partial charge in [-0.1, -0.05) is 78.6 Å². The van der Waals surface area contributed by atoms with Crippen LogP contribution in [0.25, 0.3) is 0 Å². The third-order valence-corrected chi connectivity index (χ3v) is 16.5. The lowest BCUT2D eigenvalue weighted by molar-refractivity contribution is -0.0159. The van der Waals surface area contributed by atoms with Gasteiger partial charge in [-0.05, 0) is 170 Å². The Morgan fingerprint density at radius 2 is 0.574 bits per heavy atom. The minimum Gasteiger partial charge on any atom is -0.294 e. The lowest BCUT2D eigenvalue weighted by Crippen LogP contribution is -2.54. The molecule has 4 atom stereocenters. The maximum Gasteiger partial charge on any atom is 0.0104 e. The minimum absolute atomic E-state index is 0.904. The van der Waals surface area contributed by atoms with Crippen molar-refractivity contribution in [1.82, 2.24) is 9.80 Å². The second-order valence-electron chi connectivity index (χ2n) is 19.8.